The number of halogens is 1. The fraction of sp³-hybridized carbons (Fsp3) is 0.500. The normalized spacial score (nSPS) is 17.3. The van der Waals surface area contributed by atoms with Gasteiger partial charge in [0.05, 0.1) is 11.8 Å². The predicted molar refractivity (Wildman–Crippen MR) is 121 cm³/mol. The summed E-state index contributed by atoms with van der Waals surface area (Å²) in [6.45, 7) is 11.1. The standard InChI is InChI=1S/C22H30N4O4.ClH/c1-15(2)30-19-8-6-5-7-18(19)25-13-11-24(12-14-25)10-9-20(27)23-26-21(28)16(3)17(4)22(26)29;/h5-8,15H,9-14H2,1-4H3,(H,23,27);1H. The van der Waals surface area contributed by atoms with Crippen molar-refractivity contribution in [1.29, 1.82) is 0 Å². The minimum Gasteiger partial charge on any atom is -0.489 e. The van der Waals surface area contributed by atoms with Crippen molar-refractivity contribution in [2.75, 3.05) is 37.6 Å². The summed E-state index contributed by atoms with van der Waals surface area (Å²) < 4.78 is 5.93. The second-order valence-electron chi connectivity index (χ2n) is 7.94. The molecule has 8 nitrogen and oxygen atoms in total. The van der Waals surface area contributed by atoms with Crippen molar-refractivity contribution in [3.05, 3.63) is 35.4 Å². The summed E-state index contributed by atoms with van der Waals surface area (Å²) in [5.74, 6) is -0.361. The van der Waals surface area contributed by atoms with Crippen LogP contribution in [-0.2, 0) is 14.4 Å². The maximum Gasteiger partial charge on any atom is 0.275 e. The van der Waals surface area contributed by atoms with Gasteiger partial charge in [-0.25, -0.2) is 0 Å². The Morgan fingerprint density at radius 1 is 1.03 bits per heavy atom. The van der Waals surface area contributed by atoms with Crippen molar-refractivity contribution >= 4 is 35.8 Å². The lowest BCUT2D eigenvalue weighted by Crippen LogP contribution is -2.49. The van der Waals surface area contributed by atoms with Crippen molar-refractivity contribution in [2.24, 2.45) is 0 Å². The maximum absolute atomic E-state index is 12.2. The first-order valence-electron chi connectivity index (χ1n) is 10.4. The van der Waals surface area contributed by atoms with Crippen LogP contribution in [0.5, 0.6) is 5.75 Å². The number of carbonyl (C=O) groups excluding carboxylic acids is 3. The van der Waals surface area contributed by atoms with E-state index in [-0.39, 0.29) is 30.8 Å². The number of benzene rings is 1. The van der Waals surface area contributed by atoms with Crippen LogP contribution in [0, 0.1) is 0 Å². The molecule has 3 rings (SSSR count). The second-order valence-corrected chi connectivity index (χ2v) is 7.94. The van der Waals surface area contributed by atoms with Gasteiger partial charge in [-0.2, -0.15) is 5.01 Å². The van der Waals surface area contributed by atoms with Gasteiger partial charge in [0, 0.05) is 50.3 Å². The molecule has 1 fully saturated rings. The summed E-state index contributed by atoms with van der Waals surface area (Å²) in [4.78, 5) is 40.8. The van der Waals surface area contributed by atoms with Crippen LogP contribution in [0.2, 0.25) is 0 Å². The van der Waals surface area contributed by atoms with E-state index in [0.717, 1.165) is 42.6 Å². The molecule has 0 atom stereocenters. The summed E-state index contributed by atoms with van der Waals surface area (Å²) in [5, 5.41) is 0.816. The van der Waals surface area contributed by atoms with Gasteiger partial charge < -0.3 is 9.64 Å². The van der Waals surface area contributed by atoms with Gasteiger partial charge in [-0.15, -0.1) is 12.4 Å². The molecule has 0 saturated carbocycles. The zero-order valence-electron chi connectivity index (χ0n) is 18.5. The van der Waals surface area contributed by atoms with Crippen LogP contribution in [0.1, 0.15) is 34.1 Å². The highest BCUT2D eigenvalue weighted by Gasteiger charge is 2.34. The first kappa shape index (κ1) is 24.7. The second kappa shape index (κ2) is 10.6. The van der Waals surface area contributed by atoms with Gasteiger partial charge in [-0.05, 0) is 39.8 Å². The van der Waals surface area contributed by atoms with Crippen LogP contribution in [0.3, 0.4) is 0 Å². The number of carbonyl (C=O) groups is 3. The van der Waals surface area contributed by atoms with Crippen LogP contribution >= 0.6 is 12.4 Å². The van der Waals surface area contributed by atoms with E-state index in [1.54, 1.807) is 13.8 Å². The smallest absolute Gasteiger partial charge is 0.275 e. The minimum atomic E-state index is -0.457. The largest absolute Gasteiger partial charge is 0.489 e. The summed E-state index contributed by atoms with van der Waals surface area (Å²) in [7, 11) is 0. The van der Waals surface area contributed by atoms with Crippen LogP contribution in [0.4, 0.5) is 5.69 Å². The van der Waals surface area contributed by atoms with Gasteiger partial charge in [0.2, 0.25) is 5.91 Å². The molecule has 0 aliphatic carbocycles. The molecule has 2 aliphatic rings. The van der Waals surface area contributed by atoms with Crippen LogP contribution < -0.4 is 15.1 Å². The lowest BCUT2D eigenvalue weighted by molar-refractivity contribution is -0.147. The van der Waals surface area contributed by atoms with E-state index in [2.05, 4.69) is 21.3 Å². The minimum absolute atomic E-state index is 0. The quantitative estimate of drug-likeness (QED) is 0.641. The molecule has 0 unspecified atom stereocenters. The highest BCUT2D eigenvalue weighted by Crippen LogP contribution is 2.29. The number of rotatable bonds is 7. The van der Waals surface area contributed by atoms with Gasteiger partial charge in [-0.3, -0.25) is 24.7 Å². The molecule has 0 bridgehead atoms. The van der Waals surface area contributed by atoms with E-state index in [4.69, 9.17) is 4.74 Å². The van der Waals surface area contributed by atoms with Crippen molar-refractivity contribution in [3.63, 3.8) is 0 Å². The van der Waals surface area contributed by atoms with E-state index in [1.807, 2.05) is 32.0 Å². The number of nitrogens with one attached hydrogen (secondary N) is 1. The third-order valence-corrected chi connectivity index (χ3v) is 5.44. The summed E-state index contributed by atoms with van der Waals surface area (Å²) in [5.41, 5.74) is 4.28. The highest BCUT2D eigenvalue weighted by molar-refractivity contribution is 6.19. The van der Waals surface area contributed by atoms with Gasteiger partial charge in [0.1, 0.15) is 5.75 Å². The molecule has 0 aromatic heterocycles. The Labute approximate surface area is 189 Å². The first-order chi connectivity index (χ1) is 14.3. The Kier molecular flexibility index (Phi) is 8.47. The van der Waals surface area contributed by atoms with Crippen molar-refractivity contribution in [2.45, 2.75) is 40.2 Å². The highest BCUT2D eigenvalue weighted by atomic mass is 35.5. The third-order valence-electron chi connectivity index (χ3n) is 5.44. The SMILES string of the molecule is CC1=C(C)C(=O)N(NC(=O)CCN2CCN(c3ccccc3OC(C)C)CC2)C1=O.Cl. The van der Waals surface area contributed by atoms with Gasteiger partial charge in [-0.1, -0.05) is 12.1 Å². The Bertz CT molecular complexity index is 839. The number of hydrogen-bond acceptors (Lipinski definition) is 6. The van der Waals surface area contributed by atoms with E-state index in [9.17, 15) is 14.4 Å². The Hall–Kier alpha value is -2.58. The Morgan fingerprint density at radius 3 is 2.19 bits per heavy atom. The number of amides is 3. The van der Waals surface area contributed by atoms with Gasteiger partial charge in [0.25, 0.3) is 11.8 Å². The number of hydrogen-bond donors (Lipinski definition) is 1. The Balaban J connectivity index is 0.00000341. The number of para-hydroxylation sites is 2. The molecule has 2 heterocycles. The molecule has 1 N–H and O–H groups in total. The number of piperazine rings is 1. The molecule has 0 radical (unpaired) electrons. The summed E-state index contributed by atoms with van der Waals surface area (Å²) in [6, 6.07) is 8.05. The fourth-order valence-corrected chi connectivity index (χ4v) is 3.57. The monoisotopic (exact) mass is 450 g/mol. The van der Waals surface area contributed by atoms with Crippen LogP contribution in [0.25, 0.3) is 0 Å². The molecular formula is C22H31ClN4O4. The van der Waals surface area contributed by atoms with Crippen molar-refractivity contribution < 1.29 is 19.1 Å². The molecule has 1 saturated heterocycles. The maximum atomic E-state index is 12.2. The number of ether oxygens (including phenoxy) is 1. The molecule has 2 aliphatic heterocycles. The van der Waals surface area contributed by atoms with Crippen molar-refractivity contribution in [3.8, 4) is 5.75 Å². The van der Waals surface area contributed by atoms with Gasteiger partial charge >= 0.3 is 0 Å². The lowest BCUT2D eigenvalue weighted by atomic mass is 10.2. The number of imide groups is 1. The van der Waals surface area contributed by atoms with Crippen molar-refractivity contribution in [1.82, 2.24) is 15.3 Å². The average Bonchev–Trinajstić information content (AvgIpc) is 2.90. The summed E-state index contributed by atoms with van der Waals surface area (Å²) >= 11 is 0. The fourth-order valence-electron chi connectivity index (χ4n) is 3.57. The molecule has 9 heteroatoms. The van der Waals surface area contributed by atoms with E-state index < -0.39 is 11.8 Å². The zero-order chi connectivity index (χ0) is 21.8. The topological polar surface area (TPSA) is 82.2 Å². The third kappa shape index (κ3) is 5.77. The van der Waals surface area contributed by atoms with Gasteiger partial charge in [0.15, 0.2) is 0 Å². The van der Waals surface area contributed by atoms with Crippen LogP contribution in [0.15, 0.2) is 35.4 Å². The average molecular weight is 451 g/mol. The predicted octanol–water partition coefficient (Wildman–Crippen LogP) is 2.14. The van der Waals surface area contributed by atoms with Crippen LogP contribution in [-0.4, -0.2) is 66.5 Å². The van der Waals surface area contributed by atoms with E-state index >= 15 is 0 Å². The molecule has 170 valence electrons. The lowest BCUT2D eigenvalue weighted by Gasteiger charge is -2.36. The first-order valence-corrected chi connectivity index (χ1v) is 10.4. The number of anilines is 1. The number of hydrazine groups is 1. The number of nitrogens with zero attached hydrogens (tertiary/aromatic N) is 3. The summed E-state index contributed by atoms with van der Waals surface area (Å²) in [6.07, 6.45) is 0.338. The molecule has 1 aromatic rings. The molecule has 1 aromatic carbocycles. The molecular weight excluding hydrogens is 420 g/mol. The Morgan fingerprint density at radius 2 is 1.61 bits per heavy atom. The van der Waals surface area contributed by atoms with E-state index in [0.29, 0.717) is 17.7 Å². The van der Waals surface area contributed by atoms with E-state index in [1.165, 1.54) is 0 Å². The zero-order valence-corrected chi connectivity index (χ0v) is 19.3. The molecule has 3 amide bonds. The molecule has 31 heavy (non-hydrogen) atoms. The molecule has 0 spiro atoms.